The summed E-state index contributed by atoms with van der Waals surface area (Å²) < 4.78 is 15.8. The summed E-state index contributed by atoms with van der Waals surface area (Å²) in [4.78, 5) is 4.28. The van der Waals surface area contributed by atoms with E-state index >= 15 is 0 Å². The lowest BCUT2D eigenvalue weighted by molar-refractivity contribution is 0.613. The largest absolute Gasteiger partial charge is 0.363 e. The van der Waals surface area contributed by atoms with Crippen LogP contribution in [0.5, 0.6) is 0 Å². The minimum Gasteiger partial charge on any atom is -0.363 e. The number of benzene rings is 1. The molecule has 130 valence electrons. The number of anilines is 1. The molecule has 1 aliphatic rings. The summed E-state index contributed by atoms with van der Waals surface area (Å²) in [5.74, 6) is 2.13. The van der Waals surface area contributed by atoms with Crippen LogP contribution < -0.4 is 5.32 Å². The number of nitrogens with one attached hydrogen (secondary N) is 1. The number of rotatable bonds is 4. The van der Waals surface area contributed by atoms with Crippen LogP contribution in [0, 0.1) is 5.82 Å². The predicted octanol–water partition coefficient (Wildman–Crippen LogP) is 4.75. The molecule has 0 aliphatic carbocycles. The Balaban J connectivity index is 1.66. The fourth-order valence-corrected chi connectivity index (χ4v) is 4.50. The predicted molar refractivity (Wildman–Crippen MR) is 99.0 cm³/mol. The van der Waals surface area contributed by atoms with Crippen molar-refractivity contribution in [3.05, 3.63) is 51.8 Å². The molecule has 25 heavy (non-hydrogen) atoms. The lowest BCUT2D eigenvalue weighted by atomic mass is 10.2. The van der Waals surface area contributed by atoms with Gasteiger partial charge >= 0.3 is 0 Å². The summed E-state index contributed by atoms with van der Waals surface area (Å²) in [6.45, 7) is 0.218. The Kier molecular flexibility index (Phi) is 4.71. The van der Waals surface area contributed by atoms with Crippen molar-refractivity contribution in [2.75, 3.05) is 11.1 Å². The van der Waals surface area contributed by atoms with Crippen molar-refractivity contribution in [3.8, 4) is 0 Å². The Morgan fingerprint density at radius 3 is 3.00 bits per heavy atom. The third-order valence-electron chi connectivity index (χ3n) is 4.06. The molecular weight excluding hydrogens is 384 g/mol. The van der Waals surface area contributed by atoms with E-state index in [9.17, 15) is 4.39 Å². The second-order valence-corrected chi connectivity index (χ2v) is 7.89. The zero-order valence-corrected chi connectivity index (χ0v) is 15.4. The van der Waals surface area contributed by atoms with Gasteiger partial charge in [-0.05, 0) is 36.8 Å². The second kappa shape index (κ2) is 6.97. The number of halogens is 3. The monoisotopic (exact) mass is 397 g/mol. The number of hydrogen-bond acceptors (Lipinski definition) is 5. The van der Waals surface area contributed by atoms with E-state index < -0.39 is 0 Å². The van der Waals surface area contributed by atoms with Crippen LogP contribution in [0.1, 0.15) is 29.5 Å². The Morgan fingerprint density at radius 1 is 1.32 bits per heavy atom. The van der Waals surface area contributed by atoms with Gasteiger partial charge in [0.05, 0.1) is 5.25 Å². The van der Waals surface area contributed by atoms with Crippen molar-refractivity contribution in [1.29, 1.82) is 0 Å². The van der Waals surface area contributed by atoms with E-state index in [1.807, 2.05) is 16.2 Å². The van der Waals surface area contributed by atoms with Gasteiger partial charge < -0.3 is 5.32 Å². The first-order valence-electron chi connectivity index (χ1n) is 7.82. The van der Waals surface area contributed by atoms with Gasteiger partial charge in [0.2, 0.25) is 5.65 Å². The molecule has 1 aromatic carbocycles. The van der Waals surface area contributed by atoms with Gasteiger partial charge in [0.15, 0.2) is 11.6 Å². The first-order chi connectivity index (χ1) is 12.1. The van der Waals surface area contributed by atoms with Crippen molar-refractivity contribution < 1.29 is 4.39 Å². The third kappa shape index (κ3) is 3.41. The highest BCUT2D eigenvalue weighted by atomic mass is 35.5. The highest BCUT2D eigenvalue weighted by Gasteiger charge is 2.24. The van der Waals surface area contributed by atoms with Crippen LogP contribution >= 0.6 is 35.0 Å². The van der Waals surface area contributed by atoms with Crippen LogP contribution in [0.15, 0.2) is 24.4 Å². The van der Waals surface area contributed by atoms with Gasteiger partial charge in [-0.25, -0.2) is 9.37 Å². The van der Waals surface area contributed by atoms with Crippen LogP contribution in [-0.4, -0.2) is 25.3 Å². The minimum atomic E-state index is -0.334. The van der Waals surface area contributed by atoms with Gasteiger partial charge in [-0.2, -0.15) is 11.8 Å². The highest BCUT2D eigenvalue weighted by Crippen LogP contribution is 2.39. The molecule has 3 heterocycles. The first kappa shape index (κ1) is 16.9. The van der Waals surface area contributed by atoms with Gasteiger partial charge in [0, 0.05) is 23.3 Å². The number of hydrogen-bond donors (Lipinski definition) is 1. The Labute approximate surface area is 157 Å². The molecule has 0 saturated carbocycles. The average molecular weight is 398 g/mol. The van der Waals surface area contributed by atoms with Crippen molar-refractivity contribution in [1.82, 2.24) is 19.6 Å². The molecule has 5 nitrogen and oxygen atoms in total. The molecule has 2 aromatic heterocycles. The van der Waals surface area contributed by atoms with E-state index in [0.29, 0.717) is 32.5 Å². The fourth-order valence-electron chi connectivity index (χ4n) is 2.86. The molecule has 0 unspecified atom stereocenters. The molecule has 1 saturated heterocycles. The van der Waals surface area contributed by atoms with Crippen molar-refractivity contribution >= 4 is 46.4 Å². The lowest BCUT2D eigenvalue weighted by Crippen LogP contribution is -2.07. The van der Waals surface area contributed by atoms with Crippen LogP contribution in [0.4, 0.5) is 10.2 Å². The maximum absolute atomic E-state index is 13.9. The van der Waals surface area contributed by atoms with E-state index in [2.05, 4.69) is 20.5 Å². The summed E-state index contributed by atoms with van der Waals surface area (Å²) in [6.07, 6.45) is 3.96. The standard InChI is InChI=1S/C16H14Cl2FN5S/c17-10-3-4-11(19)9(6-10)7-20-14-16-23-22-15(12-2-1-5-25-12)24(16)8-13(18)21-14/h3-4,6,8,12H,1-2,5,7H2,(H,20,21)/t12-/m0/s1. The Bertz CT molecular complexity index is 926. The molecule has 1 aliphatic heterocycles. The Morgan fingerprint density at radius 2 is 2.20 bits per heavy atom. The topological polar surface area (TPSA) is 55.1 Å². The molecule has 0 bridgehead atoms. The molecule has 9 heteroatoms. The van der Waals surface area contributed by atoms with Crippen molar-refractivity contribution in [2.24, 2.45) is 0 Å². The SMILES string of the molecule is Fc1ccc(Cl)cc1CNc1nc(Cl)cn2c([C@@H]3CCCS3)nnc12. The quantitative estimate of drug-likeness (QED) is 0.688. The number of nitrogens with zero attached hydrogens (tertiary/aromatic N) is 4. The number of thioether (sulfide) groups is 1. The number of fused-ring (bicyclic) bond motifs is 1. The molecule has 1 atom stereocenters. The highest BCUT2D eigenvalue weighted by molar-refractivity contribution is 7.99. The molecule has 0 radical (unpaired) electrons. The van der Waals surface area contributed by atoms with Crippen LogP contribution in [-0.2, 0) is 6.54 Å². The minimum absolute atomic E-state index is 0.218. The maximum atomic E-state index is 13.9. The molecule has 0 amide bonds. The van der Waals surface area contributed by atoms with Crippen LogP contribution in [0.3, 0.4) is 0 Å². The van der Waals surface area contributed by atoms with Crippen LogP contribution in [0.25, 0.3) is 5.65 Å². The van der Waals surface area contributed by atoms with Gasteiger partial charge in [-0.3, -0.25) is 4.40 Å². The summed E-state index contributed by atoms with van der Waals surface area (Å²) in [5, 5.41) is 12.8. The molecular formula is C16H14Cl2FN5S. The first-order valence-corrected chi connectivity index (χ1v) is 9.63. The summed E-state index contributed by atoms with van der Waals surface area (Å²) in [7, 11) is 0. The van der Waals surface area contributed by atoms with Crippen molar-refractivity contribution in [2.45, 2.75) is 24.6 Å². The number of aromatic nitrogens is 4. The molecule has 1 N–H and O–H groups in total. The van der Waals surface area contributed by atoms with Crippen LogP contribution in [0.2, 0.25) is 10.2 Å². The molecule has 1 fully saturated rings. The van der Waals surface area contributed by atoms with E-state index in [1.54, 1.807) is 12.3 Å². The van der Waals surface area contributed by atoms with E-state index in [4.69, 9.17) is 23.2 Å². The van der Waals surface area contributed by atoms with E-state index in [0.717, 1.165) is 18.0 Å². The average Bonchev–Trinajstić information content (AvgIpc) is 3.24. The van der Waals surface area contributed by atoms with Gasteiger partial charge in [-0.15, -0.1) is 10.2 Å². The van der Waals surface area contributed by atoms with Gasteiger partial charge in [-0.1, -0.05) is 23.2 Å². The van der Waals surface area contributed by atoms with E-state index in [1.165, 1.54) is 18.6 Å². The lowest BCUT2D eigenvalue weighted by Gasteiger charge is -2.10. The molecule has 3 aromatic rings. The second-order valence-electron chi connectivity index (χ2n) is 5.75. The van der Waals surface area contributed by atoms with Gasteiger partial charge in [0.25, 0.3) is 0 Å². The molecule has 4 rings (SSSR count). The summed E-state index contributed by atoms with van der Waals surface area (Å²) >= 11 is 14.0. The molecule has 0 spiro atoms. The van der Waals surface area contributed by atoms with Gasteiger partial charge in [0.1, 0.15) is 11.0 Å². The zero-order chi connectivity index (χ0) is 17.4. The van der Waals surface area contributed by atoms with Crippen molar-refractivity contribution in [3.63, 3.8) is 0 Å². The fraction of sp³-hybridized carbons (Fsp3) is 0.312. The smallest absolute Gasteiger partial charge is 0.203 e. The van der Waals surface area contributed by atoms with E-state index in [-0.39, 0.29) is 12.4 Å². The summed E-state index contributed by atoms with van der Waals surface area (Å²) in [5.41, 5.74) is 1.02. The maximum Gasteiger partial charge on any atom is 0.203 e. The normalized spacial score (nSPS) is 17.3. The summed E-state index contributed by atoms with van der Waals surface area (Å²) in [6, 6.07) is 4.43. The Hall–Kier alpha value is -1.57. The zero-order valence-electron chi connectivity index (χ0n) is 13.0. The third-order valence-corrected chi connectivity index (χ3v) is 5.85.